The highest BCUT2D eigenvalue weighted by Crippen LogP contribution is 2.20. The lowest BCUT2D eigenvalue weighted by atomic mass is 10.1. The molecule has 0 amide bonds. The van der Waals surface area contributed by atoms with Crippen molar-refractivity contribution in [2.24, 2.45) is 5.73 Å². The molecule has 0 unspecified atom stereocenters. The number of pyridine rings is 1. The van der Waals surface area contributed by atoms with Gasteiger partial charge in [-0.25, -0.2) is 9.97 Å². The Morgan fingerprint density at radius 2 is 2.17 bits per heavy atom. The normalized spacial score (nSPS) is 12.3. The van der Waals surface area contributed by atoms with Gasteiger partial charge in [0.1, 0.15) is 11.3 Å². The molecule has 0 aromatic carbocycles. The summed E-state index contributed by atoms with van der Waals surface area (Å²) in [6.07, 6.45) is 3.62. The maximum atomic E-state index is 6.11. The summed E-state index contributed by atoms with van der Waals surface area (Å²) in [5.74, 6) is 1.03. The van der Waals surface area contributed by atoms with Crippen molar-refractivity contribution < 1.29 is 0 Å². The summed E-state index contributed by atoms with van der Waals surface area (Å²) < 4.78 is 2.11. The number of fused-ring (bicyclic) bond motifs is 1. The van der Waals surface area contributed by atoms with E-state index in [-0.39, 0.29) is 5.54 Å². The van der Waals surface area contributed by atoms with Gasteiger partial charge in [0.25, 0.3) is 0 Å². The van der Waals surface area contributed by atoms with Crippen molar-refractivity contribution >= 4 is 22.8 Å². The van der Waals surface area contributed by atoms with Gasteiger partial charge in [-0.2, -0.15) is 0 Å². The highest BCUT2D eigenvalue weighted by Gasteiger charge is 2.18. The largest absolute Gasteiger partial charge is 0.324 e. The molecular formula is C13H19ClN4. The summed E-state index contributed by atoms with van der Waals surface area (Å²) in [7, 11) is 0. The van der Waals surface area contributed by atoms with E-state index in [0.717, 1.165) is 29.8 Å². The topological polar surface area (TPSA) is 56.7 Å². The third kappa shape index (κ3) is 2.82. The second-order valence-corrected chi connectivity index (χ2v) is 5.79. The molecule has 0 radical (unpaired) electrons. The van der Waals surface area contributed by atoms with Crippen molar-refractivity contribution in [1.82, 2.24) is 14.5 Å². The number of aryl methyl sites for hydroxylation is 1. The molecule has 0 fully saturated rings. The van der Waals surface area contributed by atoms with Crippen LogP contribution < -0.4 is 5.73 Å². The van der Waals surface area contributed by atoms with E-state index in [9.17, 15) is 0 Å². The van der Waals surface area contributed by atoms with Crippen LogP contribution in [0.1, 0.15) is 33.0 Å². The van der Waals surface area contributed by atoms with Crippen LogP contribution in [0.5, 0.6) is 0 Å². The monoisotopic (exact) mass is 266 g/mol. The predicted molar refractivity (Wildman–Crippen MR) is 74.8 cm³/mol. The van der Waals surface area contributed by atoms with Crippen LogP contribution >= 0.6 is 11.6 Å². The number of imidazole rings is 1. The second-order valence-electron chi connectivity index (χ2n) is 5.35. The first-order valence-corrected chi connectivity index (χ1v) is 6.58. The Hall–Kier alpha value is -1.13. The maximum absolute atomic E-state index is 6.11. The van der Waals surface area contributed by atoms with E-state index in [1.165, 1.54) is 0 Å². The van der Waals surface area contributed by atoms with Crippen LogP contribution in [0, 0.1) is 0 Å². The molecule has 2 rings (SSSR count). The quantitative estimate of drug-likeness (QED) is 0.926. The van der Waals surface area contributed by atoms with E-state index >= 15 is 0 Å². The van der Waals surface area contributed by atoms with Gasteiger partial charge in [-0.3, -0.25) is 0 Å². The molecule has 2 N–H and O–H groups in total. The number of rotatable bonds is 4. The van der Waals surface area contributed by atoms with E-state index in [1.807, 2.05) is 19.9 Å². The Bertz CT molecular complexity index is 554. The van der Waals surface area contributed by atoms with Crippen molar-refractivity contribution in [3.8, 4) is 0 Å². The van der Waals surface area contributed by atoms with Crippen molar-refractivity contribution in [3.63, 3.8) is 0 Å². The smallest absolute Gasteiger partial charge is 0.160 e. The number of hydrogen-bond donors (Lipinski definition) is 1. The van der Waals surface area contributed by atoms with Crippen LogP contribution in [-0.2, 0) is 13.0 Å². The molecule has 2 aromatic rings. The average molecular weight is 267 g/mol. The first kappa shape index (κ1) is 13.3. The molecule has 2 heterocycles. The van der Waals surface area contributed by atoms with Crippen molar-refractivity contribution in [3.05, 3.63) is 23.1 Å². The molecule has 4 nitrogen and oxygen atoms in total. The Balaban J connectivity index is 2.55. The minimum atomic E-state index is -0.294. The molecule has 0 bridgehead atoms. The third-order valence-corrected chi connectivity index (χ3v) is 2.88. The van der Waals surface area contributed by atoms with Crippen LogP contribution in [0.2, 0.25) is 5.02 Å². The molecule has 0 saturated heterocycles. The lowest BCUT2D eigenvalue weighted by Crippen LogP contribution is -2.37. The number of aromatic nitrogens is 3. The van der Waals surface area contributed by atoms with Gasteiger partial charge < -0.3 is 10.3 Å². The Morgan fingerprint density at radius 1 is 1.44 bits per heavy atom. The van der Waals surface area contributed by atoms with E-state index in [4.69, 9.17) is 17.3 Å². The van der Waals surface area contributed by atoms with Crippen molar-refractivity contribution in [1.29, 1.82) is 0 Å². The number of halogens is 1. The van der Waals surface area contributed by atoms with Gasteiger partial charge in [0.2, 0.25) is 0 Å². The second kappa shape index (κ2) is 4.86. The molecule has 98 valence electrons. The van der Waals surface area contributed by atoms with Gasteiger partial charge in [-0.1, -0.05) is 18.5 Å². The molecule has 0 atom stereocenters. The third-order valence-electron chi connectivity index (χ3n) is 2.67. The molecule has 5 heteroatoms. The molecule has 2 aromatic heterocycles. The summed E-state index contributed by atoms with van der Waals surface area (Å²) in [4.78, 5) is 8.99. The molecule has 0 aliphatic heterocycles. The van der Waals surface area contributed by atoms with Gasteiger partial charge in [-0.15, -0.1) is 0 Å². The Morgan fingerprint density at radius 3 is 2.78 bits per heavy atom. The van der Waals surface area contributed by atoms with Crippen LogP contribution in [0.25, 0.3) is 11.2 Å². The molecule has 0 spiro atoms. The lowest BCUT2D eigenvalue weighted by Gasteiger charge is -2.20. The zero-order chi connectivity index (χ0) is 13.3. The fourth-order valence-electron chi connectivity index (χ4n) is 2.02. The summed E-state index contributed by atoms with van der Waals surface area (Å²) in [5, 5.41) is 0.613. The first-order chi connectivity index (χ1) is 8.40. The van der Waals surface area contributed by atoms with Crippen molar-refractivity contribution in [2.75, 3.05) is 0 Å². The number of hydrogen-bond acceptors (Lipinski definition) is 3. The minimum absolute atomic E-state index is 0.294. The molecule has 0 saturated carbocycles. The van der Waals surface area contributed by atoms with E-state index < -0.39 is 0 Å². The van der Waals surface area contributed by atoms with Crippen LogP contribution in [0.3, 0.4) is 0 Å². The Kier molecular flexibility index (Phi) is 3.59. The minimum Gasteiger partial charge on any atom is -0.324 e. The highest BCUT2D eigenvalue weighted by atomic mass is 35.5. The van der Waals surface area contributed by atoms with E-state index in [0.29, 0.717) is 11.6 Å². The molecule has 0 aliphatic rings. The maximum Gasteiger partial charge on any atom is 0.160 e. The van der Waals surface area contributed by atoms with Crippen molar-refractivity contribution in [2.45, 2.75) is 45.7 Å². The Labute approximate surface area is 112 Å². The summed E-state index contributed by atoms with van der Waals surface area (Å²) in [6, 6.07) is 1.85. The lowest BCUT2D eigenvalue weighted by molar-refractivity contribution is 0.429. The molecular weight excluding hydrogens is 248 g/mol. The number of nitrogens with zero attached hydrogens (tertiary/aromatic N) is 3. The van der Waals surface area contributed by atoms with Crippen LogP contribution in [0.4, 0.5) is 0 Å². The van der Waals surface area contributed by atoms with E-state index in [2.05, 4.69) is 21.5 Å². The zero-order valence-corrected chi connectivity index (χ0v) is 11.8. The first-order valence-electron chi connectivity index (χ1n) is 6.20. The van der Waals surface area contributed by atoms with E-state index in [1.54, 1.807) is 6.20 Å². The highest BCUT2D eigenvalue weighted by molar-refractivity contribution is 6.31. The molecule has 0 aliphatic carbocycles. The van der Waals surface area contributed by atoms with Gasteiger partial charge in [0.05, 0.1) is 5.02 Å². The van der Waals surface area contributed by atoms with Gasteiger partial charge in [0, 0.05) is 24.7 Å². The SMILES string of the molecule is CCCc1nc2cc(Cl)cnc2n1CC(C)(C)N. The zero-order valence-electron chi connectivity index (χ0n) is 11.1. The predicted octanol–water partition coefficient (Wildman–Crippen LogP) is 2.77. The summed E-state index contributed by atoms with van der Waals surface area (Å²) in [6.45, 7) is 6.85. The summed E-state index contributed by atoms with van der Waals surface area (Å²) >= 11 is 5.95. The van der Waals surface area contributed by atoms with Gasteiger partial charge >= 0.3 is 0 Å². The van der Waals surface area contributed by atoms with Gasteiger partial charge in [0.15, 0.2) is 5.65 Å². The van der Waals surface area contributed by atoms with Crippen LogP contribution in [-0.4, -0.2) is 20.1 Å². The van der Waals surface area contributed by atoms with Gasteiger partial charge in [-0.05, 0) is 26.3 Å². The van der Waals surface area contributed by atoms with Crippen LogP contribution in [0.15, 0.2) is 12.3 Å². The fourth-order valence-corrected chi connectivity index (χ4v) is 2.17. The summed E-state index contributed by atoms with van der Waals surface area (Å²) in [5.41, 5.74) is 7.52. The fraction of sp³-hybridized carbons (Fsp3) is 0.538. The number of nitrogens with two attached hydrogens (primary N) is 1. The average Bonchev–Trinajstić information content (AvgIpc) is 2.54. The molecule has 18 heavy (non-hydrogen) atoms. The standard InChI is InChI=1S/C13H19ClN4/c1-4-5-11-17-10-6-9(14)7-16-12(10)18(11)8-13(2,3)15/h6-7H,4-5,8,15H2,1-3H3.